The molecule has 3 aromatic carbocycles. The van der Waals surface area contributed by atoms with E-state index < -0.39 is 12.0 Å². The second-order valence-electron chi connectivity index (χ2n) is 31.1. The molecule has 9 heterocycles. The second-order valence-corrected chi connectivity index (χ2v) is 31.1. The highest BCUT2D eigenvalue weighted by molar-refractivity contribution is 5.64. The number of alkyl halides is 2. The number of aromatic nitrogens is 3. The molecule has 3 aliphatic carbocycles. The number of hydrogen-bond donors (Lipinski definition) is 6. The number of nitrogens with zero attached hydrogens (tertiary/aromatic N) is 9. The van der Waals surface area contributed by atoms with Gasteiger partial charge in [0.25, 0.3) is 5.92 Å². The minimum atomic E-state index is -2.98. The molecule has 0 amide bonds. The number of nitrogens with one attached hydrogen (secondary N) is 3. The van der Waals surface area contributed by atoms with Crippen LogP contribution in [0, 0.1) is 0 Å². The van der Waals surface area contributed by atoms with Gasteiger partial charge in [0, 0.05) is 156 Å². The third kappa shape index (κ3) is 13.3. The van der Waals surface area contributed by atoms with Crippen LogP contribution in [-0.4, -0.2) is 165 Å². The average molecular weight is 1310 g/mol. The number of likely N-dealkylation sites (N-methyl/N-ethyl adjacent to an activating group) is 3. The van der Waals surface area contributed by atoms with E-state index in [0.29, 0.717) is 25.7 Å². The number of anilines is 3. The first-order valence-electron chi connectivity index (χ1n) is 36.5. The molecule has 3 saturated heterocycles. The molecule has 3 fully saturated rings. The Bertz CT molecular complexity index is 3750. The van der Waals surface area contributed by atoms with Gasteiger partial charge in [0.05, 0.1) is 54.4 Å². The summed E-state index contributed by atoms with van der Waals surface area (Å²) in [4.78, 5) is 30.2. The molecule has 512 valence electrons. The Balaban J connectivity index is 0.647. The molecule has 15 rings (SSSR count). The topological polar surface area (TPSA) is 181 Å². The van der Waals surface area contributed by atoms with E-state index in [0.717, 1.165) is 160 Å². The number of pyridine rings is 3. The maximum absolute atomic E-state index is 15.8. The second kappa shape index (κ2) is 27.2. The van der Waals surface area contributed by atoms with Crippen LogP contribution in [0.25, 0.3) is 0 Å². The highest BCUT2D eigenvalue weighted by Gasteiger charge is 2.45. The van der Waals surface area contributed by atoms with Crippen molar-refractivity contribution in [1.82, 2.24) is 45.6 Å². The number of aryl methyl sites for hydroxylation is 1. The highest BCUT2D eigenvalue weighted by Crippen LogP contribution is 2.49. The number of piperidine rings is 3. The van der Waals surface area contributed by atoms with Crippen LogP contribution in [0.5, 0.6) is 0 Å². The van der Waals surface area contributed by atoms with E-state index in [-0.39, 0.29) is 66.1 Å². The lowest BCUT2D eigenvalue weighted by Gasteiger charge is -2.43. The summed E-state index contributed by atoms with van der Waals surface area (Å²) in [5, 5.41) is 12.0. The van der Waals surface area contributed by atoms with Crippen molar-refractivity contribution in [2.75, 3.05) is 108 Å². The van der Waals surface area contributed by atoms with Crippen molar-refractivity contribution in [2.45, 2.75) is 194 Å². The van der Waals surface area contributed by atoms with Gasteiger partial charge in [0.1, 0.15) is 0 Å². The van der Waals surface area contributed by atoms with Crippen molar-refractivity contribution in [3.8, 4) is 0 Å². The maximum atomic E-state index is 15.8. The number of rotatable bonds is 16. The molecule has 16 nitrogen and oxygen atoms in total. The predicted octanol–water partition coefficient (Wildman–Crippen LogP) is 9.56. The molecule has 6 aliphatic heterocycles. The van der Waals surface area contributed by atoms with Crippen LogP contribution in [0.2, 0.25) is 0 Å². The number of nitrogens with two attached hydrogens (primary N) is 3. The number of fused-ring (bicyclic) bond motifs is 6. The Kier molecular flexibility index (Phi) is 18.7. The van der Waals surface area contributed by atoms with Crippen LogP contribution >= 0.6 is 0 Å². The van der Waals surface area contributed by atoms with Crippen molar-refractivity contribution in [1.29, 1.82) is 0 Å². The van der Waals surface area contributed by atoms with Crippen LogP contribution in [0.15, 0.2) is 97.5 Å². The number of hydrogen-bond acceptors (Lipinski definition) is 16. The molecule has 9 aliphatic rings. The quantitative estimate of drug-likeness (QED) is 0.0539. The van der Waals surface area contributed by atoms with Gasteiger partial charge in [-0.3, -0.25) is 29.7 Å². The molecule has 0 spiro atoms. The van der Waals surface area contributed by atoms with E-state index in [9.17, 15) is 0 Å². The minimum Gasteiger partial charge on any atom is -0.383 e. The van der Waals surface area contributed by atoms with E-state index in [2.05, 4.69) is 147 Å². The van der Waals surface area contributed by atoms with Crippen LogP contribution in [-0.2, 0) is 50.1 Å². The Morgan fingerprint density at radius 1 is 0.542 bits per heavy atom. The van der Waals surface area contributed by atoms with Crippen molar-refractivity contribution in [3.05, 3.63) is 176 Å². The lowest BCUT2D eigenvalue weighted by atomic mass is 9.76. The molecule has 0 radical (unpaired) electrons. The highest BCUT2D eigenvalue weighted by atomic mass is 19.3. The van der Waals surface area contributed by atoms with Crippen molar-refractivity contribution in [3.63, 3.8) is 0 Å². The monoisotopic (exact) mass is 1310 g/mol. The Morgan fingerprint density at radius 2 is 1.02 bits per heavy atom. The number of benzene rings is 3. The number of ether oxygens (including phenoxy) is 1. The Hall–Kier alpha value is -6.03. The zero-order valence-electron chi connectivity index (χ0n) is 57.7. The lowest BCUT2D eigenvalue weighted by Crippen LogP contribution is -2.56. The molecular weight excluding hydrogens is 1200 g/mol. The van der Waals surface area contributed by atoms with Gasteiger partial charge in [-0.2, -0.15) is 0 Å². The third-order valence-electron chi connectivity index (χ3n) is 24.5. The van der Waals surface area contributed by atoms with Gasteiger partial charge in [0.2, 0.25) is 0 Å². The molecule has 96 heavy (non-hydrogen) atoms. The summed E-state index contributed by atoms with van der Waals surface area (Å²) in [6, 6.07) is 30.0. The molecule has 9 atom stereocenters. The lowest BCUT2D eigenvalue weighted by molar-refractivity contribution is -0.0300. The van der Waals surface area contributed by atoms with E-state index in [1.165, 1.54) is 84.0 Å². The fourth-order valence-corrected chi connectivity index (χ4v) is 18.9. The average Bonchev–Trinajstić information content (AvgIpc) is 0.763. The molecule has 0 saturated carbocycles. The molecule has 9 N–H and O–H groups in total. The van der Waals surface area contributed by atoms with Gasteiger partial charge < -0.3 is 52.6 Å². The van der Waals surface area contributed by atoms with E-state index in [4.69, 9.17) is 36.9 Å². The summed E-state index contributed by atoms with van der Waals surface area (Å²) >= 11 is 0. The van der Waals surface area contributed by atoms with Gasteiger partial charge in [-0.05, 0) is 222 Å². The van der Waals surface area contributed by atoms with Crippen LogP contribution in [0.3, 0.4) is 0 Å². The first kappa shape index (κ1) is 65.9. The summed E-state index contributed by atoms with van der Waals surface area (Å²) in [6.45, 7) is 11.8. The minimum absolute atomic E-state index is 0.0839. The maximum Gasteiger partial charge on any atom is 0.280 e. The number of methoxy groups -OCH3 is 1. The van der Waals surface area contributed by atoms with E-state index in [1.807, 2.05) is 23.5 Å². The fraction of sp³-hybridized carbons (Fsp3) is 0.577. The first-order chi connectivity index (χ1) is 46.4. The molecular formula is C78H105F2N15O. The zero-order valence-corrected chi connectivity index (χ0v) is 57.7. The summed E-state index contributed by atoms with van der Waals surface area (Å²) in [5.41, 5.74) is 41.3. The van der Waals surface area contributed by atoms with Crippen LogP contribution in [0.1, 0.15) is 186 Å². The Labute approximate surface area is 568 Å². The first-order valence-corrected chi connectivity index (χ1v) is 36.5. The van der Waals surface area contributed by atoms with Crippen LogP contribution in [0.4, 0.5) is 25.8 Å². The predicted molar refractivity (Wildman–Crippen MR) is 380 cm³/mol. The molecule has 0 bridgehead atoms. The van der Waals surface area contributed by atoms with Gasteiger partial charge in [-0.15, -0.1) is 0 Å². The normalized spacial score (nSPS) is 27.6. The largest absolute Gasteiger partial charge is 0.383 e. The van der Waals surface area contributed by atoms with E-state index in [1.54, 1.807) is 7.11 Å². The zero-order chi connectivity index (χ0) is 66.0. The van der Waals surface area contributed by atoms with Crippen molar-refractivity contribution < 1.29 is 13.5 Å². The summed E-state index contributed by atoms with van der Waals surface area (Å²) in [7, 11) is 8.60. The van der Waals surface area contributed by atoms with E-state index >= 15 is 8.78 Å². The van der Waals surface area contributed by atoms with Gasteiger partial charge in [-0.25, -0.2) is 8.78 Å². The van der Waals surface area contributed by atoms with Crippen molar-refractivity contribution in [2.24, 2.45) is 17.2 Å². The molecule has 3 unspecified atom stereocenters. The summed E-state index contributed by atoms with van der Waals surface area (Å²) in [5.74, 6) is -2.65. The standard InChI is InChI=1S/C78H105F2N15O/c1-76(82)23-31-94(32-24-76)70-37-52(59-18-20-68(74-61(59)14-9-28-85-74)91(3)46-56-39-63-51(42-87-56)12-7-16-66(63)93-33-25-77(83,26-34-93)49-96-5)35-54-43-88-57(40-64(54)70)47-92(4)69-21-19-60(62-15-10-29-86-75(62)69)53-36-55-44-89-58(45-90(2)67-17-6-11-50-13-8-27-84-73(50)67)41-65(55)71(38-53)95-30-22-72(81)78(79,80)48-95/h7-10,12-16,27-29,35-38,56-60,67-69,72,87-89H,6,11,17-26,30-34,39-49,81-83H2,1-5H3/t56-,57-,58+,59?,60?,67+,68+,69+,72?/m1/s1. The SMILES string of the molecule is COCC1(N)CCN(c2cccc3c2C[C@H](CN(C)[C@H]2CCC(c4cc5c(c(N6CCC(C)(N)CC6)c4)C[C@H](CN(C)[C@H]4CCC(c6cc7c(c(N8CCC(N)C(F)(F)C8)c6)C[C@@H](CN(C)[C@H]6CCCc8cccnc86)NC7)c6cccnc64)NC5)c4cccnc42)NC3)CC1. The molecule has 6 aromatic rings. The number of halogens is 2. The molecule has 3 aromatic heterocycles. The Morgan fingerprint density at radius 3 is 1.57 bits per heavy atom. The molecule has 18 heteroatoms. The van der Waals surface area contributed by atoms with Crippen LogP contribution < -0.4 is 47.9 Å². The summed E-state index contributed by atoms with van der Waals surface area (Å²) in [6.07, 6.45) is 19.9. The van der Waals surface area contributed by atoms with Gasteiger partial charge in [-0.1, -0.05) is 42.5 Å². The third-order valence-corrected chi connectivity index (χ3v) is 24.5. The summed E-state index contributed by atoms with van der Waals surface area (Å²) < 4.78 is 37.0. The van der Waals surface area contributed by atoms with Crippen molar-refractivity contribution >= 4 is 17.1 Å². The smallest absolute Gasteiger partial charge is 0.280 e. The van der Waals surface area contributed by atoms with Gasteiger partial charge >= 0.3 is 0 Å². The van der Waals surface area contributed by atoms with Gasteiger partial charge in [0.15, 0.2) is 0 Å². The fourth-order valence-electron chi connectivity index (χ4n) is 18.9.